The van der Waals surface area contributed by atoms with Crippen LogP contribution in [-0.4, -0.2) is 26.9 Å². The number of carbonyl (C=O) groups excluding carboxylic acids is 1. The molecule has 5 heteroatoms. The molecule has 0 saturated carbocycles. The number of aromatic nitrogens is 2. The predicted octanol–water partition coefficient (Wildman–Crippen LogP) is 6.85. The molecule has 5 nitrogen and oxygen atoms in total. The highest BCUT2D eigenvalue weighted by Crippen LogP contribution is 2.29. The maximum absolute atomic E-state index is 13.8. The highest BCUT2D eigenvalue weighted by molar-refractivity contribution is 5.80. The number of para-hydroxylation sites is 1. The summed E-state index contributed by atoms with van der Waals surface area (Å²) < 4.78 is 1.73. The van der Waals surface area contributed by atoms with E-state index >= 15 is 0 Å². The van der Waals surface area contributed by atoms with E-state index in [1.165, 1.54) is 5.56 Å². The molecule has 2 unspecified atom stereocenters. The van der Waals surface area contributed by atoms with Crippen molar-refractivity contribution in [1.29, 1.82) is 0 Å². The van der Waals surface area contributed by atoms with Crippen LogP contribution in [0.2, 0.25) is 0 Å². The number of amides is 1. The Balaban J connectivity index is 2.21. The zero-order valence-electron chi connectivity index (χ0n) is 22.1. The Bertz CT molecular complexity index is 1170. The standard InChI is InChI=1S/C30H41N3O2/c1-6-11-14-23(9-4)29(34)32(21-7-2)27(10-5)28-31-26-16-13-12-15-25(26)30(35)33(28)24-19-17-22(8-3)18-20-24/h12-13,15-20,23,27H,6-11,14,21H2,1-5H3. The van der Waals surface area contributed by atoms with Crippen LogP contribution in [0.4, 0.5) is 0 Å². The summed E-state index contributed by atoms with van der Waals surface area (Å²) in [6, 6.07) is 15.3. The lowest BCUT2D eigenvalue weighted by atomic mass is 9.96. The molecule has 0 saturated heterocycles. The molecule has 188 valence electrons. The van der Waals surface area contributed by atoms with Crippen LogP contribution < -0.4 is 5.56 Å². The number of fused-ring (bicyclic) bond motifs is 1. The van der Waals surface area contributed by atoms with Gasteiger partial charge >= 0.3 is 0 Å². The minimum absolute atomic E-state index is 0.0000148. The van der Waals surface area contributed by atoms with Crippen molar-refractivity contribution in [1.82, 2.24) is 14.5 Å². The molecule has 0 N–H and O–H groups in total. The van der Waals surface area contributed by atoms with E-state index in [1.807, 2.05) is 41.3 Å². The molecule has 0 aliphatic carbocycles. The summed E-state index contributed by atoms with van der Waals surface area (Å²) in [6.45, 7) is 11.2. The molecule has 35 heavy (non-hydrogen) atoms. The molecule has 2 aromatic carbocycles. The van der Waals surface area contributed by atoms with Gasteiger partial charge in [0.2, 0.25) is 5.91 Å². The Hall–Kier alpha value is -2.95. The van der Waals surface area contributed by atoms with Gasteiger partial charge in [-0.2, -0.15) is 0 Å². The first-order valence-corrected chi connectivity index (χ1v) is 13.4. The van der Waals surface area contributed by atoms with Crippen molar-refractivity contribution in [2.24, 2.45) is 5.92 Å². The highest BCUT2D eigenvalue weighted by atomic mass is 16.2. The third kappa shape index (κ3) is 5.83. The summed E-state index contributed by atoms with van der Waals surface area (Å²) >= 11 is 0. The van der Waals surface area contributed by atoms with Gasteiger partial charge in [0.15, 0.2) is 0 Å². The van der Waals surface area contributed by atoms with E-state index in [1.54, 1.807) is 4.57 Å². The SMILES string of the molecule is CCCCC(CC)C(=O)N(CCC)C(CC)c1nc2ccccc2c(=O)n1-c1ccc(CC)cc1. The average molecular weight is 476 g/mol. The quantitative estimate of drug-likeness (QED) is 0.288. The molecular formula is C30H41N3O2. The minimum atomic E-state index is -0.277. The van der Waals surface area contributed by atoms with Crippen LogP contribution in [0.1, 0.15) is 90.6 Å². The van der Waals surface area contributed by atoms with E-state index in [0.717, 1.165) is 44.2 Å². The Morgan fingerprint density at radius 1 is 0.943 bits per heavy atom. The van der Waals surface area contributed by atoms with E-state index < -0.39 is 0 Å². The van der Waals surface area contributed by atoms with Crippen molar-refractivity contribution in [2.75, 3.05) is 6.54 Å². The van der Waals surface area contributed by atoms with Crippen LogP contribution in [0.3, 0.4) is 0 Å². The fraction of sp³-hybridized carbons (Fsp3) is 0.500. The summed E-state index contributed by atoms with van der Waals surface area (Å²) in [5.41, 5.74) is 2.60. The fourth-order valence-corrected chi connectivity index (χ4v) is 4.89. The third-order valence-electron chi connectivity index (χ3n) is 6.96. The second-order valence-electron chi connectivity index (χ2n) is 9.35. The molecule has 0 bridgehead atoms. The molecule has 1 aromatic heterocycles. The van der Waals surface area contributed by atoms with Crippen molar-refractivity contribution in [2.45, 2.75) is 85.6 Å². The monoisotopic (exact) mass is 475 g/mol. The molecule has 3 rings (SSSR count). The first-order valence-electron chi connectivity index (χ1n) is 13.4. The van der Waals surface area contributed by atoms with E-state index in [9.17, 15) is 9.59 Å². The zero-order chi connectivity index (χ0) is 25.4. The van der Waals surface area contributed by atoms with Gasteiger partial charge < -0.3 is 4.90 Å². The summed E-state index contributed by atoms with van der Waals surface area (Å²) in [7, 11) is 0. The normalized spacial score (nSPS) is 13.1. The second kappa shape index (κ2) is 12.7. The number of aryl methyl sites for hydroxylation is 1. The smallest absolute Gasteiger partial charge is 0.266 e. The van der Waals surface area contributed by atoms with Gasteiger partial charge in [-0.25, -0.2) is 4.98 Å². The topological polar surface area (TPSA) is 55.2 Å². The largest absolute Gasteiger partial charge is 0.332 e. The van der Waals surface area contributed by atoms with Gasteiger partial charge in [0.1, 0.15) is 5.82 Å². The van der Waals surface area contributed by atoms with Gasteiger partial charge in [0, 0.05) is 12.5 Å². The average Bonchev–Trinajstić information content (AvgIpc) is 2.89. The zero-order valence-corrected chi connectivity index (χ0v) is 22.1. The molecular weight excluding hydrogens is 434 g/mol. The molecule has 0 aliphatic heterocycles. The molecule has 2 atom stereocenters. The number of hydrogen-bond acceptors (Lipinski definition) is 3. The summed E-state index contributed by atoms with van der Waals surface area (Å²) in [4.78, 5) is 34.7. The summed E-state index contributed by atoms with van der Waals surface area (Å²) in [5.74, 6) is 0.831. The molecule has 0 spiro atoms. The van der Waals surface area contributed by atoms with Crippen LogP contribution in [0.15, 0.2) is 53.3 Å². The second-order valence-corrected chi connectivity index (χ2v) is 9.35. The number of rotatable bonds is 12. The van der Waals surface area contributed by atoms with Crippen LogP contribution >= 0.6 is 0 Å². The van der Waals surface area contributed by atoms with E-state index in [0.29, 0.717) is 29.7 Å². The summed E-state index contributed by atoms with van der Waals surface area (Å²) in [6.07, 6.45) is 6.33. The molecule has 0 radical (unpaired) electrons. The van der Waals surface area contributed by atoms with E-state index in [2.05, 4.69) is 46.8 Å². The van der Waals surface area contributed by atoms with Crippen LogP contribution in [0.25, 0.3) is 16.6 Å². The van der Waals surface area contributed by atoms with Crippen molar-refractivity contribution >= 4 is 16.8 Å². The van der Waals surface area contributed by atoms with Crippen molar-refractivity contribution in [3.63, 3.8) is 0 Å². The van der Waals surface area contributed by atoms with E-state index in [4.69, 9.17) is 4.98 Å². The Kier molecular flexibility index (Phi) is 9.64. The third-order valence-corrected chi connectivity index (χ3v) is 6.96. The van der Waals surface area contributed by atoms with Crippen molar-refractivity contribution in [3.8, 4) is 5.69 Å². The van der Waals surface area contributed by atoms with Gasteiger partial charge in [-0.3, -0.25) is 14.2 Å². The molecule has 3 aromatic rings. The Morgan fingerprint density at radius 3 is 2.26 bits per heavy atom. The fourth-order valence-electron chi connectivity index (χ4n) is 4.89. The highest BCUT2D eigenvalue weighted by Gasteiger charge is 2.31. The van der Waals surface area contributed by atoms with Gasteiger partial charge in [-0.1, -0.05) is 71.7 Å². The van der Waals surface area contributed by atoms with Crippen LogP contribution in [0.5, 0.6) is 0 Å². The van der Waals surface area contributed by atoms with E-state index in [-0.39, 0.29) is 23.4 Å². The molecule has 1 amide bonds. The first-order chi connectivity index (χ1) is 17.0. The van der Waals surface area contributed by atoms with Gasteiger partial charge in [-0.05, 0) is 61.9 Å². The van der Waals surface area contributed by atoms with Crippen LogP contribution in [0, 0.1) is 5.92 Å². The molecule has 0 aliphatic rings. The number of unbranched alkanes of at least 4 members (excludes halogenated alkanes) is 1. The number of carbonyl (C=O) groups is 1. The Labute approximate surface area is 210 Å². The van der Waals surface area contributed by atoms with Gasteiger partial charge in [-0.15, -0.1) is 0 Å². The maximum atomic E-state index is 13.8. The number of nitrogens with zero attached hydrogens (tertiary/aromatic N) is 3. The lowest BCUT2D eigenvalue weighted by Crippen LogP contribution is -2.42. The van der Waals surface area contributed by atoms with Gasteiger partial charge in [0.25, 0.3) is 5.56 Å². The first kappa shape index (κ1) is 26.7. The number of benzene rings is 2. The summed E-state index contributed by atoms with van der Waals surface area (Å²) in [5, 5.41) is 0.591. The Morgan fingerprint density at radius 2 is 1.66 bits per heavy atom. The van der Waals surface area contributed by atoms with Crippen LogP contribution in [-0.2, 0) is 11.2 Å². The number of hydrogen-bond donors (Lipinski definition) is 0. The lowest BCUT2D eigenvalue weighted by Gasteiger charge is -2.34. The minimum Gasteiger partial charge on any atom is -0.332 e. The predicted molar refractivity (Wildman–Crippen MR) is 145 cm³/mol. The molecule has 1 heterocycles. The lowest BCUT2D eigenvalue weighted by molar-refractivity contribution is -0.139. The van der Waals surface area contributed by atoms with Crippen molar-refractivity contribution < 1.29 is 4.79 Å². The molecule has 0 fully saturated rings. The van der Waals surface area contributed by atoms with Crippen molar-refractivity contribution in [3.05, 3.63) is 70.3 Å². The van der Waals surface area contributed by atoms with Gasteiger partial charge in [0.05, 0.1) is 22.6 Å². The maximum Gasteiger partial charge on any atom is 0.266 e.